The quantitative estimate of drug-likeness (QED) is 0.677. The van der Waals surface area contributed by atoms with Crippen molar-refractivity contribution < 1.29 is 4.39 Å². The van der Waals surface area contributed by atoms with Gasteiger partial charge in [0.15, 0.2) is 0 Å². The minimum atomic E-state index is -0.493. The van der Waals surface area contributed by atoms with Crippen molar-refractivity contribution in [3.8, 4) is 21.7 Å². The van der Waals surface area contributed by atoms with Gasteiger partial charge in [-0.15, -0.1) is 11.3 Å². The zero-order valence-corrected chi connectivity index (χ0v) is 14.1. The van der Waals surface area contributed by atoms with Gasteiger partial charge in [-0.25, -0.2) is 4.39 Å². The predicted molar refractivity (Wildman–Crippen MR) is 89.0 cm³/mol. The Bertz CT molecular complexity index is 828. The predicted octanol–water partition coefficient (Wildman–Crippen LogP) is 4.95. The van der Waals surface area contributed by atoms with Crippen molar-refractivity contribution >= 4 is 44.7 Å². The number of thiophene rings is 1. The summed E-state index contributed by atoms with van der Waals surface area (Å²) in [5.41, 5.74) is 7.63. The summed E-state index contributed by atoms with van der Waals surface area (Å²) < 4.78 is 16.8. The van der Waals surface area contributed by atoms with E-state index in [-0.39, 0.29) is 5.02 Å². The molecule has 0 spiro atoms. The maximum Gasteiger partial charge on any atom is 0.149 e. The molecular formula is C14H10BrClFN3S. The number of nitrogen functional groups attached to an aromatic ring is 1. The van der Waals surface area contributed by atoms with Crippen LogP contribution in [0, 0.1) is 5.82 Å². The van der Waals surface area contributed by atoms with Gasteiger partial charge in [0.2, 0.25) is 0 Å². The van der Waals surface area contributed by atoms with Crippen LogP contribution in [0.4, 0.5) is 10.2 Å². The SMILES string of the molecule is Cn1nc(-c2sccc2Br)c(-c2cccc(Cl)c2F)c1N. The zero-order chi connectivity index (χ0) is 15.1. The standard InChI is InChI=1S/C14H10BrClFN3S/c1-20-14(18)10(7-3-2-4-9(16)11(7)17)12(19-20)13-8(15)5-6-21-13/h2-6H,18H2,1H3. The summed E-state index contributed by atoms with van der Waals surface area (Å²) in [6.45, 7) is 0. The van der Waals surface area contributed by atoms with Gasteiger partial charge in [-0.2, -0.15) is 5.10 Å². The van der Waals surface area contributed by atoms with E-state index in [1.54, 1.807) is 19.2 Å². The molecule has 0 saturated heterocycles. The van der Waals surface area contributed by atoms with Gasteiger partial charge in [-0.1, -0.05) is 23.7 Å². The molecule has 108 valence electrons. The fourth-order valence-electron chi connectivity index (χ4n) is 2.12. The van der Waals surface area contributed by atoms with Gasteiger partial charge in [0.1, 0.15) is 17.3 Å². The van der Waals surface area contributed by atoms with Crippen LogP contribution in [0.3, 0.4) is 0 Å². The maximum absolute atomic E-state index is 14.4. The van der Waals surface area contributed by atoms with E-state index < -0.39 is 5.82 Å². The number of halogens is 3. The van der Waals surface area contributed by atoms with Gasteiger partial charge in [-0.05, 0) is 33.4 Å². The number of rotatable bonds is 2. The second-order valence-corrected chi connectivity index (χ2v) is 6.61. The van der Waals surface area contributed by atoms with Crippen molar-refractivity contribution in [2.24, 2.45) is 7.05 Å². The molecule has 7 heteroatoms. The highest BCUT2D eigenvalue weighted by molar-refractivity contribution is 9.10. The second-order valence-electron chi connectivity index (χ2n) is 4.43. The van der Waals surface area contributed by atoms with Crippen molar-refractivity contribution in [3.63, 3.8) is 0 Å². The highest BCUT2D eigenvalue weighted by atomic mass is 79.9. The summed E-state index contributed by atoms with van der Waals surface area (Å²) in [6, 6.07) is 6.77. The molecule has 0 saturated carbocycles. The smallest absolute Gasteiger partial charge is 0.149 e. The molecular weight excluding hydrogens is 377 g/mol. The van der Waals surface area contributed by atoms with Gasteiger partial charge in [0.05, 0.1) is 15.5 Å². The van der Waals surface area contributed by atoms with Crippen LogP contribution in [0.1, 0.15) is 0 Å². The van der Waals surface area contributed by atoms with Crippen LogP contribution < -0.4 is 5.73 Å². The molecule has 0 fully saturated rings. The lowest BCUT2D eigenvalue weighted by Gasteiger charge is -2.06. The van der Waals surface area contributed by atoms with Gasteiger partial charge in [0.25, 0.3) is 0 Å². The van der Waals surface area contributed by atoms with Gasteiger partial charge < -0.3 is 5.73 Å². The number of aryl methyl sites for hydroxylation is 1. The van der Waals surface area contributed by atoms with E-state index >= 15 is 0 Å². The Morgan fingerprint density at radius 2 is 2.14 bits per heavy atom. The van der Waals surface area contributed by atoms with Crippen LogP contribution in [0.15, 0.2) is 34.1 Å². The molecule has 2 aromatic heterocycles. The lowest BCUT2D eigenvalue weighted by atomic mass is 10.0. The summed E-state index contributed by atoms with van der Waals surface area (Å²) >= 11 is 10.9. The molecule has 0 atom stereocenters. The number of hydrogen-bond acceptors (Lipinski definition) is 3. The van der Waals surface area contributed by atoms with Crippen LogP contribution in [0.2, 0.25) is 5.02 Å². The molecule has 0 radical (unpaired) electrons. The molecule has 0 aliphatic heterocycles. The van der Waals surface area contributed by atoms with Gasteiger partial charge in [-0.3, -0.25) is 4.68 Å². The molecule has 2 N–H and O–H groups in total. The van der Waals surface area contributed by atoms with Crippen LogP contribution in [-0.2, 0) is 7.05 Å². The third-order valence-electron chi connectivity index (χ3n) is 3.14. The Morgan fingerprint density at radius 3 is 2.81 bits per heavy atom. The Labute approximate surface area is 138 Å². The zero-order valence-electron chi connectivity index (χ0n) is 10.9. The number of hydrogen-bond donors (Lipinski definition) is 1. The van der Waals surface area contributed by atoms with E-state index in [0.717, 1.165) is 9.35 Å². The largest absolute Gasteiger partial charge is 0.383 e. The van der Waals surface area contributed by atoms with Crippen LogP contribution >= 0.6 is 38.9 Å². The summed E-state index contributed by atoms with van der Waals surface area (Å²) in [7, 11) is 1.73. The van der Waals surface area contributed by atoms with Crippen molar-refractivity contribution in [2.75, 3.05) is 5.73 Å². The Balaban J connectivity index is 2.33. The lowest BCUT2D eigenvalue weighted by Crippen LogP contribution is -1.98. The molecule has 0 amide bonds. The first-order chi connectivity index (χ1) is 10.0. The normalized spacial score (nSPS) is 11.0. The van der Waals surface area contributed by atoms with Crippen LogP contribution in [0.5, 0.6) is 0 Å². The molecule has 1 aromatic carbocycles. The summed E-state index contributed by atoms with van der Waals surface area (Å²) in [5, 5.41) is 6.42. The molecule has 2 heterocycles. The first-order valence-electron chi connectivity index (χ1n) is 6.01. The van der Waals surface area contributed by atoms with E-state index in [4.69, 9.17) is 17.3 Å². The minimum Gasteiger partial charge on any atom is -0.383 e. The topological polar surface area (TPSA) is 43.8 Å². The van der Waals surface area contributed by atoms with E-state index in [1.165, 1.54) is 22.1 Å². The fourth-order valence-corrected chi connectivity index (χ4v) is 3.85. The monoisotopic (exact) mass is 385 g/mol. The Hall–Kier alpha value is -1.37. The van der Waals surface area contributed by atoms with E-state index in [1.807, 2.05) is 11.4 Å². The van der Waals surface area contributed by atoms with Crippen molar-refractivity contribution in [3.05, 3.63) is 45.0 Å². The fraction of sp³-hybridized carbons (Fsp3) is 0.0714. The first kappa shape index (κ1) is 14.6. The maximum atomic E-state index is 14.4. The van der Waals surface area contributed by atoms with Crippen LogP contribution in [-0.4, -0.2) is 9.78 Å². The molecule has 0 aliphatic rings. The number of anilines is 1. The average molecular weight is 387 g/mol. The van der Waals surface area contributed by atoms with E-state index in [9.17, 15) is 4.39 Å². The lowest BCUT2D eigenvalue weighted by molar-refractivity contribution is 0.632. The second kappa shape index (κ2) is 5.44. The molecule has 3 nitrogen and oxygen atoms in total. The Morgan fingerprint density at radius 1 is 1.38 bits per heavy atom. The third-order valence-corrected chi connectivity index (χ3v) is 5.28. The molecule has 0 aliphatic carbocycles. The molecule has 0 bridgehead atoms. The summed E-state index contributed by atoms with van der Waals surface area (Å²) in [6.07, 6.45) is 0. The first-order valence-corrected chi connectivity index (χ1v) is 8.06. The molecule has 3 rings (SSSR count). The van der Waals surface area contributed by atoms with E-state index in [2.05, 4.69) is 21.0 Å². The average Bonchev–Trinajstić information content (AvgIpc) is 2.99. The van der Waals surface area contributed by atoms with Crippen LogP contribution in [0.25, 0.3) is 21.7 Å². The summed E-state index contributed by atoms with van der Waals surface area (Å²) in [4.78, 5) is 0.900. The van der Waals surface area contributed by atoms with Crippen molar-refractivity contribution in [2.45, 2.75) is 0 Å². The van der Waals surface area contributed by atoms with Gasteiger partial charge >= 0.3 is 0 Å². The van der Waals surface area contributed by atoms with Crippen molar-refractivity contribution in [1.29, 1.82) is 0 Å². The number of aromatic nitrogens is 2. The molecule has 0 unspecified atom stereocenters. The minimum absolute atomic E-state index is 0.0620. The highest BCUT2D eigenvalue weighted by Gasteiger charge is 2.23. The van der Waals surface area contributed by atoms with E-state index in [0.29, 0.717) is 22.6 Å². The third kappa shape index (κ3) is 2.37. The van der Waals surface area contributed by atoms with Gasteiger partial charge in [0, 0.05) is 17.1 Å². The molecule has 21 heavy (non-hydrogen) atoms. The Kier molecular flexibility index (Phi) is 3.77. The number of nitrogens with two attached hydrogens (primary N) is 1. The molecule has 3 aromatic rings. The highest BCUT2D eigenvalue weighted by Crippen LogP contribution is 2.42. The number of benzene rings is 1. The number of nitrogens with zero attached hydrogens (tertiary/aromatic N) is 2. The summed E-state index contributed by atoms with van der Waals surface area (Å²) in [5.74, 6) is -0.0979. The van der Waals surface area contributed by atoms with Crippen molar-refractivity contribution in [1.82, 2.24) is 9.78 Å².